The third-order valence-corrected chi connectivity index (χ3v) is 5.62. The second kappa shape index (κ2) is 9.20. The number of anilines is 3. The van der Waals surface area contributed by atoms with E-state index in [1.807, 2.05) is 6.92 Å². The van der Waals surface area contributed by atoms with Crippen LogP contribution in [-0.2, 0) is 6.54 Å². The smallest absolute Gasteiger partial charge is 0.233 e. The van der Waals surface area contributed by atoms with E-state index >= 15 is 0 Å². The lowest BCUT2D eigenvalue weighted by atomic mass is 10.1. The molecule has 0 amide bonds. The lowest BCUT2D eigenvalue weighted by Crippen LogP contribution is -2.10. The Kier molecular flexibility index (Phi) is 5.93. The van der Waals surface area contributed by atoms with Gasteiger partial charge in [0.05, 0.1) is 13.2 Å². The summed E-state index contributed by atoms with van der Waals surface area (Å²) >= 11 is 0. The van der Waals surface area contributed by atoms with Crippen molar-refractivity contribution in [2.45, 2.75) is 39.2 Å². The van der Waals surface area contributed by atoms with E-state index in [0.717, 1.165) is 24.1 Å². The zero-order chi connectivity index (χ0) is 24.5. The summed E-state index contributed by atoms with van der Waals surface area (Å²) in [6.07, 6.45) is 4.91. The second-order valence-corrected chi connectivity index (χ2v) is 8.15. The van der Waals surface area contributed by atoms with Crippen LogP contribution in [0.2, 0.25) is 0 Å². The average Bonchev–Trinajstić information content (AvgIpc) is 3.59. The molecule has 0 spiro atoms. The molecule has 0 aliphatic heterocycles. The molecule has 0 saturated heterocycles. The average molecular weight is 479 g/mol. The molecule has 3 heterocycles. The summed E-state index contributed by atoms with van der Waals surface area (Å²) in [5, 5.41) is 7.62. The van der Waals surface area contributed by atoms with Gasteiger partial charge in [0, 0.05) is 41.1 Å². The normalized spacial score (nSPS) is 13.1. The van der Waals surface area contributed by atoms with E-state index in [4.69, 9.17) is 10.5 Å². The number of aromatic nitrogens is 7. The maximum absolute atomic E-state index is 14.8. The van der Waals surface area contributed by atoms with E-state index in [9.17, 15) is 8.78 Å². The maximum Gasteiger partial charge on any atom is 0.233 e. The summed E-state index contributed by atoms with van der Waals surface area (Å²) in [6.45, 7) is 3.88. The third-order valence-electron chi connectivity index (χ3n) is 5.62. The van der Waals surface area contributed by atoms with E-state index in [1.54, 1.807) is 23.9 Å². The molecule has 1 aromatic carbocycles. The molecule has 0 unspecified atom stereocenters. The van der Waals surface area contributed by atoms with Gasteiger partial charge in [0.1, 0.15) is 35.2 Å². The van der Waals surface area contributed by atoms with Gasteiger partial charge < -0.3 is 15.8 Å². The van der Waals surface area contributed by atoms with Gasteiger partial charge >= 0.3 is 0 Å². The summed E-state index contributed by atoms with van der Waals surface area (Å²) in [7, 11) is 0. The number of nitrogens with two attached hydrogens (primary N) is 1. The van der Waals surface area contributed by atoms with E-state index in [2.05, 4.69) is 35.3 Å². The Balaban J connectivity index is 1.52. The van der Waals surface area contributed by atoms with E-state index < -0.39 is 11.6 Å². The number of benzene rings is 1. The van der Waals surface area contributed by atoms with Crippen LogP contribution in [0.15, 0.2) is 30.7 Å². The second-order valence-electron chi connectivity index (χ2n) is 8.15. The quantitative estimate of drug-likeness (QED) is 0.388. The lowest BCUT2D eigenvalue weighted by Gasteiger charge is -2.11. The minimum atomic E-state index is -0.689. The van der Waals surface area contributed by atoms with Crippen molar-refractivity contribution < 1.29 is 13.5 Å². The Hall–Kier alpha value is -4.22. The van der Waals surface area contributed by atoms with Gasteiger partial charge in [-0.15, -0.1) is 0 Å². The van der Waals surface area contributed by atoms with Gasteiger partial charge in [0.25, 0.3) is 0 Å². The molecule has 4 aromatic rings. The predicted octanol–water partition coefficient (Wildman–Crippen LogP) is 3.76. The molecule has 0 radical (unpaired) electrons. The first-order chi connectivity index (χ1) is 16.9. The Morgan fingerprint density at radius 3 is 2.60 bits per heavy atom. The largest absolute Gasteiger partial charge is 0.494 e. The maximum atomic E-state index is 14.8. The lowest BCUT2D eigenvalue weighted by molar-refractivity contribution is 0.335. The van der Waals surface area contributed by atoms with Crippen LogP contribution < -0.4 is 15.8 Å². The fourth-order valence-corrected chi connectivity index (χ4v) is 3.94. The zero-order valence-corrected chi connectivity index (χ0v) is 19.2. The van der Waals surface area contributed by atoms with Gasteiger partial charge in [0.2, 0.25) is 11.9 Å². The highest BCUT2D eigenvalue weighted by atomic mass is 19.1. The van der Waals surface area contributed by atoms with Crippen LogP contribution in [0, 0.1) is 18.6 Å². The third kappa shape index (κ3) is 4.72. The number of nitrogens with zero attached hydrogens (tertiary/aromatic N) is 7. The summed E-state index contributed by atoms with van der Waals surface area (Å²) < 4.78 is 36.4. The number of ether oxygens (including phenoxy) is 1. The monoisotopic (exact) mass is 479 g/mol. The summed E-state index contributed by atoms with van der Waals surface area (Å²) in [4.78, 5) is 20.8. The van der Waals surface area contributed by atoms with Crippen molar-refractivity contribution in [1.82, 2.24) is 34.7 Å². The van der Waals surface area contributed by atoms with Crippen molar-refractivity contribution in [3.05, 3.63) is 59.2 Å². The highest BCUT2D eigenvalue weighted by molar-refractivity contribution is 5.60. The number of nitrogens with one attached hydrogen (secondary N) is 1. The molecule has 1 aliphatic rings. The van der Waals surface area contributed by atoms with Gasteiger partial charge in [0.15, 0.2) is 5.82 Å². The predicted molar refractivity (Wildman–Crippen MR) is 124 cm³/mol. The van der Waals surface area contributed by atoms with Gasteiger partial charge in [-0.2, -0.15) is 20.1 Å². The van der Waals surface area contributed by atoms with Gasteiger partial charge in [-0.05, 0) is 32.8 Å². The molecule has 35 heavy (non-hydrogen) atoms. The number of hydrogen-bond acceptors (Lipinski definition) is 9. The highest BCUT2D eigenvalue weighted by Crippen LogP contribution is 2.43. The van der Waals surface area contributed by atoms with Gasteiger partial charge in [-0.25, -0.2) is 18.7 Å². The van der Waals surface area contributed by atoms with E-state index in [1.165, 1.54) is 18.5 Å². The van der Waals surface area contributed by atoms with Crippen LogP contribution in [0.5, 0.6) is 5.75 Å². The van der Waals surface area contributed by atoms with Gasteiger partial charge in [-0.3, -0.25) is 4.68 Å². The highest BCUT2D eigenvalue weighted by Gasteiger charge is 2.32. The summed E-state index contributed by atoms with van der Waals surface area (Å²) in [5.41, 5.74) is 8.05. The molecule has 5 rings (SSSR count). The van der Waals surface area contributed by atoms with Crippen LogP contribution in [0.3, 0.4) is 0 Å². The van der Waals surface area contributed by atoms with Crippen LogP contribution in [-0.4, -0.2) is 41.3 Å². The van der Waals surface area contributed by atoms with Crippen LogP contribution in [0.25, 0.3) is 11.5 Å². The molecule has 1 aliphatic carbocycles. The Morgan fingerprint density at radius 1 is 1.17 bits per heavy atom. The number of hydrogen-bond donors (Lipinski definition) is 2. The molecule has 180 valence electrons. The number of rotatable bonds is 8. The standard InChI is InChI=1S/C23H23F2N9O/c1-3-35-14-8-16(24)15(17(25)9-14)10-34-20(13-4-5-13)12(2)19(33-34)21-30-22(26)32-23(31-21)29-18-6-7-27-11-28-18/h6-9,11,13H,3-5,10H2,1-2H3,(H3,26,27,28,29,30,31,32). The minimum Gasteiger partial charge on any atom is -0.494 e. The van der Waals surface area contributed by atoms with Crippen molar-refractivity contribution >= 4 is 17.7 Å². The van der Waals surface area contributed by atoms with Gasteiger partial charge in [-0.1, -0.05) is 0 Å². The van der Waals surface area contributed by atoms with Crippen molar-refractivity contribution in [2.24, 2.45) is 0 Å². The minimum absolute atomic E-state index is 0.00270. The fourth-order valence-electron chi connectivity index (χ4n) is 3.94. The summed E-state index contributed by atoms with van der Waals surface area (Å²) in [5.74, 6) is -0.0536. The number of halogens is 2. The first-order valence-electron chi connectivity index (χ1n) is 11.2. The first-order valence-corrected chi connectivity index (χ1v) is 11.2. The van der Waals surface area contributed by atoms with E-state index in [-0.39, 0.29) is 41.5 Å². The van der Waals surface area contributed by atoms with Crippen molar-refractivity contribution in [2.75, 3.05) is 17.7 Å². The molecule has 0 atom stereocenters. The van der Waals surface area contributed by atoms with Crippen LogP contribution in [0.4, 0.5) is 26.5 Å². The summed E-state index contributed by atoms with van der Waals surface area (Å²) in [6, 6.07) is 4.03. The zero-order valence-electron chi connectivity index (χ0n) is 19.2. The molecule has 3 N–H and O–H groups in total. The molecule has 1 fully saturated rings. The van der Waals surface area contributed by atoms with Crippen LogP contribution in [0.1, 0.15) is 42.5 Å². The van der Waals surface area contributed by atoms with Crippen LogP contribution >= 0.6 is 0 Å². The SMILES string of the molecule is CCOc1cc(F)c(Cn2nc(-c3nc(N)nc(Nc4ccncn4)n3)c(C)c2C2CC2)c(F)c1. The first kappa shape index (κ1) is 22.6. The van der Waals surface area contributed by atoms with Crippen molar-refractivity contribution in [3.8, 4) is 17.3 Å². The molecule has 3 aromatic heterocycles. The number of nitrogen functional groups attached to an aromatic ring is 1. The molecule has 10 nitrogen and oxygen atoms in total. The Morgan fingerprint density at radius 2 is 1.94 bits per heavy atom. The molecule has 12 heteroatoms. The molecule has 1 saturated carbocycles. The molecular weight excluding hydrogens is 456 g/mol. The van der Waals surface area contributed by atoms with Crippen molar-refractivity contribution in [3.63, 3.8) is 0 Å². The fraction of sp³-hybridized carbons (Fsp3) is 0.304. The molecular formula is C23H23F2N9O. The Labute approximate surface area is 199 Å². The van der Waals surface area contributed by atoms with Crippen molar-refractivity contribution in [1.29, 1.82) is 0 Å². The Bertz CT molecular complexity index is 1350. The van der Waals surface area contributed by atoms with E-state index in [0.29, 0.717) is 18.1 Å². The topological polar surface area (TPSA) is 130 Å². The molecule has 0 bridgehead atoms.